The molecule has 0 fully saturated rings. The topological polar surface area (TPSA) is 83.1 Å². The van der Waals surface area contributed by atoms with Crippen LogP contribution in [0.3, 0.4) is 0 Å². The highest BCUT2D eigenvalue weighted by Crippen LogP contribution is 2.40. The normalized spacial score (nSPS) is 12.5. The molecule has 1 amide bonds. The second-order valence-electron chi connectivity index (χ2n) is 5.64. The van der Waals surface area contributed by atoms with Gasteiger partial charge in [-0.3, -0.25) is 4.79 Å². The Morgan fingerprint density at radius 2 is 1.93 bits per heavy atom. The predicted octanol–water partition coefficient (Wildman–Crippen LogP) is 2.90. The summed E-state index contributed by atoms with van der Waals surface area (Å²) in [6, 6.07) is 10.0. The summed E-state index contributed by atoms with van der Waals surface area (Å²) >= 11 is 0. The summed E-state index contributed by atoms with van der Waals surface area (Å²) in [5.74, 6) is 0.866. The Hall–Kier alpha value is -3.48. The van der Waals surface area contributed by atoms with Gasteiger partial charge in [-0.25, -0.2) is 4.79 Å². The molecule has 1 aliphatic rings. The molecule has 7 nitrogen and oxygen atoms in total. The lowest BCUT2D eigenvalue weighted by Gasteiger charge is -2.20. The van der Waals surface area contributed by atoms with E-state index in [4.69, 9.17) is 14.2 Å². The van der Waals surface area contributed by atoms with Crippen molar-refractivity contribution in [2.75, 3.05) is 32.8 Å². The third-order valence-corrected chi connectivity index (χ3v) is 3.83. The second kappa shape index (κ2) is 8.27. The molecule has 3 rings (SSSR count). The first-order valence-electron chi connectivity index (χ1n) is 8.26. The van der Waals surface area contributed by atoms with Crippen molar-refractivity contribution in [3.8, 4) is 17.2 Å². The van der Waals surface area contributed by atoms with Gasteiger partial charge in [0.1, 0.15) is 13.2 Å². The minimum Gasteiger partial charge on any atom is -0.493 e. The van der Waals surface area contributed by atoms with Crippen molar-refractivity contribution in [1.82, 2.24) is 0 Å². The fraction of sp³-hybridized carbons (Fsp3) is 0.200. The third kappa shape index (κ3) is 4.38. The highest BCUT2D eigenvalue weighted by Gasteiger charge is 2.17. The molecular formula is C20H19NO6. The van der Waals surface area contributed by atoms with Crippen LogP contribution in [0.15, 0.2) is 42.5 Å². The van der Waals surface area contributed by atoms with Crippen LogP contribution in [0.25, 0.3) is 6.08 Å². The maximum absolute atomic E-state index is 12.2. The highest BCUT2D eigenvalue weighted by atomic mass is 16.6. The Morgan fingerprint density at radius 1 is 1.11 bits per heavy atom. The van der Waals surface area contributed by atoms with Gasteiger partial charge < -0.3 is 24.3 Å². The number of carbonyl (C=O) groups is 2. The Kier molecular flexibility index (Phi) is 5.61. The molecule has 7 heteroatoms. The molecule has 0 saturated heterocycles. The lowest BCUT2D eigenvalue weighted by atomic mass is 10.1. The van der Waals surface area contributed by atoms with Gasteiger partial charge in [-0.15, -0.1) is 0 Å². The van der Waals surface area contributed by atoms with Crippen molar-refractivity contribution in [2.45, 2.75) is 0 Å². The maximum Gasteiger partial charge on any atom is 0.337 e. The average molecular weight is 369 g/mol. The van der Waals surface area contributed by atoms with Gasteiger partial charge in [-0.05, 0) is 42.0 Å². The zero-order chi connectivity index (χ0) is 19.2. The smallest absolute Gasteiger partial charge is 0.337 e. The van der Waals surface area contributed by atoms with Crippen molar-refractivity contribution in [3.05, 3.63) is 53.6 Å². The molecule has 0 spiro atoms. The van der Waals surface area contributed by atoms with E-state index in [9.17, 15) is 9.59 Å². The molecule has 1 heterocycles. The van der Waals surface area contributed by atoms with E-state index in [1.165, 1.54) is 13.2 Å². The first kappa shape index (κ1) is 18.3. The average Bonchev–Trinajstić information content (AvgIpc) is 2.71. The number of fused-ring (bicyclic) bond motifs is 1. The summed E-state index contributed by atoms with van der Waals surface area (Å²) in [5.41, 5.74) is 1.58. The number of carbonyl (C=O) groups excluding carboxylic acids is 2. The molecule has 0 bridgehead atoms. The molecule has 0 unspecified atom stereocenters. The van der Waals surface area contributed by atoms with Gasteiger partial charge in [-0.2, -0.15) is 0 Å². The Labute approximate surface area is 156 Å². The van der Waals surface area contributed by atoms with Crippen LogP contribution >= 0.6 is 0 Å². The quantitative estimate of drug-likeness (QED) is 0.645. The number of hydrogen-bond acceptors (Lipinski definition) is 6. The summed E-state index contributed by atoms with van der Waals surface area (Å²) in [6.07, 6.45) is 3.02. The Bertz CT molecular complexity index is 873. The second-order valence-corrected chi connectivity index (χ2v) is 5.64. The monoisotopic (exact) mass is 369 g/mol. The molecule has 0 aliphatic carbocycles. The highest BCUT2D eigenvalue weighted by molar-refractivity contribution is 6.02. The zero-order valence-corrected chi connectivity index (χ0v) is 15.0. The molecular weight excluding hydrogens is 350 g/mol. The summed E-state index contributed by atoms with van der Waals surface area (Å²) in [6.45, 7) is 0.923. The van der Waals surface area contributed by atoms with Crippen molar-refractivity contribution in [1.29, 1.82) is 0 Å². The molecule has 2 aromatic rings. The fourth-order valence-electron chi connectivity index (χ4n) is 2.59. The summed E-state index contributed by atoms with van der Waals surface area (Å²) in [5, 5.41) is 2.70. The Morgan fingerprint density at radius 3 is 2.70 bits per heavy atom. The van der Waals surface area contributed by atoms with E-state index in [-0.39, 0.29) is 5.91 Å². The lowest BCUT2D eigenvalue weighted by Crippen LogP contribution is -2.16. The van der Waals surface area contributed by atoms with E-state index in [2.05, 4.69) is 10.1 Å². The molecule has 0 saturated carbocycles. The number of amides is 1. The van der Waals surface area contributed by atoms with Gasteiger partial charge in [-0.1, -0.05) is 6.07 Å². The number of methoxy groups -OCH3 is 2. The molecule has 140 valence electrons. The number of nitrogens with one attached hydrogen (secondary N) is 1. The van der Waals surface area contributed by atoms with E-state index >= 15 is 0 Å². The fourth-order valence-corrected chi connectivity index (χ4v) is 2.59. The predicted molar refractivity (Wildman–Crippen MR) is 99.4 cm³/mol. The molecule has 2 aromatic carbocycles. The Balaban J connectivity index is 1.73. The molecule has 0 radical (unpaired) electrons. The van der Waals surface area contributed by atoms with Crippen LogP contribution in [0.5, 0.6) is 17.2 Å². The number of benzene rings is 2. The van der Waals surface area contributed by atoms with E-state index in [0.717, 1.165) is 5.56 Å². The molecule has 27 heavy (non-hydrogen) atoms. The number of esters is 1. The van der Waals surface area contributed by atoms with E-state index in [1.807, 2.05) is 0 Å². The van der Waals surface area contributed by atoms with Gasteiger partial charge in [0.2, 0.25) is 11.7 Å². The van der Waals surface area contributed by atoms with Crippen LogP contribution < -0.4 is 19.5 Å². The van der Waals surface area contributed by atoms with Crippen molar-refractivity contribution >= 4 is 23.6 Å². The van der Waals surface area contributed by atoms with E-state index in [0.29, 0.717) is 41.7 Å². The molecule has 1 aliphatic heterocycles. The first-order chi connectivity index (χ1) is 13.1. The number of anilines is 1. The van der Waals surface area contributed by atoms with Crippen molar-refractivity contribution in [3.63, 3.8) is 0 Å². The summed E-state index contributed by atoms with van der Waals surface area (Å²) in [4.78, 5) is 23.7. The number of hydrogen-bond donors (Lipinski definition) is 1. The maximum atomic E-state index is 12.2. The van der Waals surface area contributed by atoms with Gasteiger partial charge in [0.15, 0.2) is 11.5 Å². The largest absolute Gasteiger partial charge is 0.493 e. The van der Waals surface area contributed by atoms with Crippen molar-refractivity contribution in [2.24, 2.45) is 0 Å². The van der Waals surface area contributed by atoms with Crippen LogP contribution in [0, 0.1) is 0 Å². The summed E-state index contributed by atoms with van der Waals surface area (Å²) < 4.78 is 21.1. The van der Waals surface area contributed by atoms with Gasteiger partial charge in [0.25, 0.3) is 0 Å². The minimum atomic E-state index is -0.468. The van der Waals surface area contributed by atoms with Crippen LogP contribution in [0.2, 0.25) is 0 Å². The SMILES string of the molecule is COC(=O)c1cccc(NC(=O)/C=C/c2cc(OC)c3c(c2)OCCO3)c1. The van der Waals surface area contributed by atoms with Crippen LogP contribution in [-0.2, 0) is 9.53 Å². The third-order valence-electron chi connectivity index (χ3n) is 3.83. The van der Waals surface area contributed by atoms with Gasteiger partial charge >= 0.3 is 5.97 Å². The minimum absolute atomic E-state index is 0.342. The number of rotatable bonds is 5. The number of ether oxygens (including phenoxy) is 4. The van der Waals surface area contributed by atoms with Gasteiger partial charge in [0.05, 0.1) is 19.8 Å². The van der Waals surface area contributed by atoms with Crippen LogP contribution in [-0.4, -0.2) is 39.3 Å². The zero-order valence-electron chi connectivity index (χ0n) is 15.0. The standard InChI is InChI=1S/C20H19NO6/c1-24-16-10-13(11-17-19(16)27-9-8-26-17)6-7-18(22)21-15-5-3-4-14(12-15)20(23)25-2/h3-7,10-12H,8-9H2,1-2H3,(H,21,22)/b7-6+. The summed E-state index contributed by atoms with van der Waals surface area (Å²) in [7, 11) is 2.85. The molecule has 0 aromatic heterocycles. The van der Waals surface area contributed by atoms with Gasteiger partial charge in [0, 0.05) is 11.8 Å². The van der Waals surface area contributed by atoms with Crippen LogP contribution in [0.1, 0.15) is 15.9 Å². The lowest BCUT2D eigenvalue weighted by molar-refractivity contribution is -0.111. The molecule has 1 N–H and O–H groups in total. The van der Waals surface area contributed by atoms with Crippen LogP contribution in [0.4, 0.5) is 5.69 Å². The van der Waals surface area contributed by atoms with E-state index < -0.39 is 5.97 Å². The molecule has 0 atom stereocenters. The van der Waals surface area contributed by atoms with E-state index in [1.54, 1.807) is 49.6 Å². The first-order valence-corrected chi connectivity index (χ1v) is 8.26. The van der Waals surface area contributed by atoms with Crippen molar-refractivity contribution < 1.29 is 28.5 Å².